The summed E-state index contributed by atoms with van der Waals surface area (Å²) >= 11 is 0. The van der Waals surface area contributed by atoms with Crippen molar-refractivity contribution >= 4 is 23.2 Å². The van der Waals surface area contributed by atoms with Gasteiger partial charge in [-0.3, -0.25) is 14.6 Å². The van der Waals surface area contributed by atoms with Gasteiger partial charge in [-0.2, -0.15) is 0 Å². The van der Waals surface area contributed by atoms with Crippen LogP contribution in [0.25, 0.3) is 0 Å². The fourth-order valence-electron chi connectivity index (χ4n) is 5.02. The van der Waals surface area contributed by atoms with Gasteiger partial charge in [-0.1, -0.05) is 49.4 Å². The summed E-state index contributed by atoms with van der Waals surface area (Å²) in [6, 6.07) is 18.3. The molecule has 34 heavy (non-hydrogen) atoms. The van der Waals surface area contributed by atoms with Crippen molar-refractivity contribution in [2.75, 3.05) is 19.0 Å². The Bertz CT molecular complexity index is 1120. The van der Waals surface area contributed by atoms with Crippen molar-refractivity contribution in [1.29, 1.82) is 0 Å². The van der Waals surface area contributed by atoms with Crippen LogP contribution in [-0.4, -0.2) is 37.7 Å². The largest absolute Gasteiger partial charge is 0.462 e. The third kappa shape index (κ3) is 4.70. The molecular weight excluding hydrogens is 424 g/mol. The summed E-state index contributed by atoms with van der Waals surface area (Å²) < 4.78 is 5.77. The van der Waals surface area contributed by atoms with E-state index >= 15 is 0 Å². The number of allylic oxidation sites excluding steroid dienone is 2. The number of rotatable bonds is 6. The Kier molecular flexibility index (Phi) is 7.01. The normalized spacial score (nSPS) is 23.1. The second-order valence-electron chi connectivity index (χ2n) is 9.65. The maximum absolute atomic E-state index is 13.6. The Labute approximate surface area is 202 Å². The summed E-state index contributed by atoms with van der Waals surface area (Å²) in [5.41, 5.74) is 5.39. The number of carbonyl (C=O) groups excluding carboxylic acids is 2. The molecule has 0 amide bonds. The number of hydrogen-bond acceptors (Lipinski definition) is 5. The van der Waals surface area contributed by atoms with E-state index in [2.05, 4.69) is 12.1 Å². The monoisotopic (exact) mass is 458 g/mol. The third-order valence-corrected chi connectivity index (χ3v) is 7.07. The molecule has 2 aromatic carbocycles. The molecule has 4 rings (SSSR count). The minimum absolute atomic E-state index is 0.0781. The molecule has 2 aromatic rings. The summed E-state index contributed by atoms with van der Waals surface area (Å²) in [7, 11) is 3.99. The van der Waals surface area contributed by atoms with E-state index in [9.17, 15) is 9.59 Å². The Hall–Kier alpha value is -3.21. The summed E-state index contributed by atoms with van der Waals surface area (Å²) in [6.45, 7) is 5.78. The van der Waals surface area contributed by atoms with E-state index in [0.717, 1.165) is 34.6 Å². The average molecular weight is 459 g/mol. The molecule has 0 N–H and O–H groups in total. The van der Waals surface area contributed by atoms with Crippen LogP contribution in [0.2, 0.25) is 0 Å². The van der Waals surface area contributed by atoms with Crippen molar-refractivity contribution in [2.24, 2.45) is 10.9 Å². The maximum atomic E-state index is 13.6. The summed E-state index contributed by atoms with van der Waals surface area (Å²) in [5.74, 6) is -1.11. The zero-order valence-corrected chi connectivity index (χ0v) is 20.7. The molecule has 5 nitrogen and oxygen atoms in total. The first-order valence-corrected chi connectivity index (χ1v) is 12.1. The Morgan fingerprint density at radius 2 is 1.74 bits per heavy atom. The highest BCUT2D eigenvalue weighted by molar-refractivity contribution is 6.09. The molecule has 178 valence electrons. The minimum atomic E-state index is -0.602. The SMILES string of the molecule is CC[C@@H](C)OC(=O)C1C(C)=NC2=C(C(=O)C[C@H](c3ccccc3)C2)[C@H]1c1ccc(N(C)C)cc1. The van der Waals surface area contributed by atoms with Crippen LogP contribution in [0.5, 0.6) is 0 Å². The number of ketones is 1. The van der Waals surface area contributed by atoms with Crippen molar-refractivity contribution in [3.63, 3.8) is 0 Å². The third-order valence-electron chi connectivity index (χ3n) is 7.07. The maximum Gasteiger partial charge on any atom is 0.315 e. The van der Waals surface area contributed by atoms with Crippen LogP contribution in [0.1, 0.15) is 63.0 Å². The molecule has 0 saturated heterocycles. The van der Waals surface area contributed by atoms with Crippen LogP contribution in [0.3, 0.4) is 0 Å². The van der Waals surface area contributed by atoms with Gasteiger partial charge in [0.1, 0.15) is 5.92 Å². The summed E-state index contributed by atoms with van der Waals surface area (Å²) in [6.07, 6.45) is 1.68. The number of esters is 1. The first-order chi connectivity index (χ1) is 16.3. The summed E-state index contributed by atoms with van der Waals surface area (Å²) in [5, 5.41) is 0. The number of aliphatic imine (C=N–C) groups is 1. The lowest BCUT2D eigenvalue weighted by atomic mass is 9.69. The number of anilines is 1. The van der Waals surface area contributed by atoms with Crippen molar-refractivity contribution in [2.45, 2.75) is 58.0 Å². The standard InChI is InChI=1S/C29H34N2O3/c1-6-18(2)34-29(33)26-19(3)30-24-16-22(20-10-8-7-9-11-20)17-25(32)28(24)27(26)21-12-14-23(15-13-21)31(4)5/h7-15,18,22,26-27H,6,16-17H2,1-5H3/t18-,22-,26?,27+/m1/s1. The number of carbonyl (C=O) groups is 2. The molecule has 0 fully saturated rings. The minimum Gasteiger partial charge on any atom is -0.462 e. The number of benzene rings is 2. The lowest BCUT2D eigenvalue weighted by Crippen LogP contribution is -2.39. The number of hydrogen-bond donors (Lipinski definition) is 0. The van der Waals surface area contributed by atoms with Gasteiger partial charge < -0.3 is 9.64 Å². The molecule has 1 aliphatic heterocycles. The molecule has 4 atom stereocenters. The Balaban J connectivity index is 1.78. The smallest absolute Gasteiger partial charge is 0.315 e. The van der Waals surface area contributed by atoms with E-state index in [-0.39, 0.29) is 29.7 Å². The first-order valence-electron chi connectivity index (χ1n) is 12.1. The van der Waals surface area contributed by atoms with Crippen LogP contribution in [0.4, 0.5) is 5.69 Å². The molecule has 2 aliphatic rings. The quantitative estimate of drug-likeness (QED) is 0.524. The fraction of sp³-hybridized carbons (Fsp3) is 0.414. The van der Waals surface area contributed by atoms with Crippen molar-refractivity contribution in [3.05, 3.63) is 77.0 Å². The van der Waals surface area contributed by atoms with Gasteiger partial charge in [0.05, 0.1) is 6.10 Å². The average Bonchev–Trinajstić information content (AvgIpc) is 2.83. The molecule has 0 radical (unpaired) electrons. The van der Waals surface area contributed by atoms with E-state index in [1.807, 2.05) is 82.2 Å². The van der Waals surface area contributed by atoms with Gasteiger partial charge in [-0.05, 0) is 55.9 Å². The highest BCUT2D eigenvalue weighted by atomic mass is 16.5. The van der Waals surface area contributed by atoms with E-state index < -0.39 is 5.92 Å². The molecular formula is C29H34N2O3. The predicted octanol–water partition coefficient (Wildman–Crippen LogP) is 5.67. The van der Waals surface area contributed by atoms with Crippen LogP contribution >= 0.6 is 0 Å². The lowest BCUT2D eigenvalue weighted by molar-refractivity contribution is -0.151. The second-order valence-corrected chi connectivity index (χ2v) is 9.65. The number of nitrogens with zero attached hydrogens (tertiary/aromatic N) is 2. The topological polar surface area (TPSA) is 59.0 Å². The molecule has 1 heterocycles. The van der Waals surface area contributed by atoms with Gasteiger partial charge in [0.2, 0.25) is 0 Å². The fourth-order valence-corrected chi connectivity index (χ4v) is 5.02. The molecule has 1 aliphatic carbocycles. The van der Waals surface area contributed by atoms with Crippen LogP contribution in [0.15, 0.2) is 70.9 Å². The van der Waals surface area contributed by atoms with Crippen molar-refractivity contribution < 1.29 is 14.3 Å². The van der Waals surface area contributed by atoms with Gasteiger partial charge in [0.25, 0.3) is 0 Å². The lowest BCUT2D eigenvalue weighted by Gasteiger charge is -2.37. The van der Waals surface area contributed by atoms with Crippen molar-refractivity contribution in [1.82, 2.24) is 0 Å². The Morgan fingerprint density at radius 3 is 2.35 bits per heavy atom. The van der Waals surface area contributed by atoms with Gasteiger partial charge in [-0.25, -0.2) is 0 Å². The second kappa shape index (κ2) is 9.96. The highest BCUT2D eigenvalue weighted by Gasteiger charge is 2.45. The Morgan fingerprint density at radius 1 is 1.06 bits per heavy atom. The van der Waals surface area contributed by atoms with Crippen LogP contribution in [0, 0.1) is 5.92 Å². The van der Waals surface area contributed by atoms with Crippen LogP contribution < -0.4 is 4.90 Å². The number of ether oxygens (including phenoxy) is 1. The molecule has 0 spiro atoms. The first kappa shape index (κ1) is 23.9. The zero-order chi connectivity index (χ0) is 24.4. The van der Waals surface area contributed by atoms with E-state index in [4.69, 9.17) is 9.73 Å². The van der Waals surface area contributed by atoms with Gasteiger partial charge >= 0.3 is 5.97 Å². The predicted molar refractivity (Wildman–Crippen MR) is 136 cm³/mol. The zero-order valence-electron chi connectivity index (χ0n) is 20.7. The molecule has 0 bridgehead atoms. The molecule has 0 aromatic heterocycles. The van der Waals surface area contributed by atoms with Gasteiger partial charge in [-0.15, -0.1) is 0 Å². The number of Topliss-reactive ketones (excluding diaryl/α,β-unsaturated/α-hetero) is 1. The molecule has 1 unspecified atom stereocenters. The van der Waals surface area contributed by atoms with E-state index in [0.29, 0.717) is 18.4 Å². The van der Waals surface area contributed by atoms with E-state index in [1.54, 1.807) is 0 Å². The van der Waals surface area contributed by atoms with Crippen LogP contribution in [-0.2, 0) is 14.3 Å². The van der Waals surface area contributed by atoms with Gasteiger partial charge in [0.15, 0.2) is 5.78 Å². The van der Waals surface area contributed by atoms with Gasteiger partial charge in [0, 0.05) is 49.1 Å². The molecule has 5 heteroatoms. The highest BCUT2D eigenvalue weighted by Crippen LogP contribution is 2.47. The van der Waals surface area contributed by atoms with Crippen molar-refractivity contribution in [3.8, 4) is 0 Å². The summed E-state index contributed by atoms with van der Waals surface area (Å²) in [4.78, 5) is 33.9. The molecule has 0 saturated carbocycles. The van der Waals surface area contributed by atoms with E-state index in [1.165, 1.54) is 0 Å².